The zero-order valence-electron chi connectivity index (χ0n) is 29.2. The summed E-state index contributed by atoms with van der Waals surface area (Å²) in [5, 5.41) is 9.30. The molecule has 1 nitrogen and oxygen atoms in total. The molecule has 8 aromatic carbocycles. The predicted octanol–water partition coefficient (Wildman–Crippen LogP) is 13.4. The predicted molar refractivity (Wildman–Crippen MR) is 218 cm³/mol. The molecule has 1 heterocycles. The molecule has 1 heteroatoms. The molecule has 1 aromatic heterocycles. The molecule has 0 atom stereocenters. The molecule has 9 aromatic rings. The van der Waals surface area contributed by atoms with E-state index in [1.165, 1.54) is 110 Å². The molecule has 2 aliphatic carbocycles. The van der Waals surface area contributed by atoms with Crippen molar-refractivity contribution in [3.63, 3.8) is 0 Å². The van der Waals surface area contributed by atoms with E-state index in [0.717, 1.165) is 12.8 Å². The van der Waals surface area contributed by atoms with Gasteiger partial charge in [-0.2, -0.15) is 0 Å². The molecule has 0 spiro atoms. The number of fused-ring (bicyclic) bond motifs is 6. The van der Waals surface area contributed by atoms with Gasteiger partial charge in [0.05, 0.1) is 5.52 Å². The summed E-state index contributed by atoms with van der Waals surface area (Å²) < 4.78 is 2.52. The quantitative estimate of drug-likeness (QED) is 0.168. The van der Waals surface area contributed by atoms with Crippen LogP contribution in [0.15, 0.2) is 140 Å². The fraction of sp³-hybridized carbons (Fsp3) is 0.120. The maximum Gasteiger partial charge on any atom is 0.0537 e. The molecule has 0 saturated carbocycles. The monoisotopic (exact) mass is 651 g/mol. The summed E-state index contributed by atoms with van der Waals surface area (Å²) in [6.07, 6.45) is 6.80. The third-order valence-corrected chi connectivity index (χ3v) is 12.1. The largest absolute Gasteiger partial charge is 0.313 e. The highest BCUT2D eigenvalue weighted by molar-refractivity contribution is 6.27. The fourth-order valence-electron chi connectivity index (χ4n) is 9.54. The summed E-state index contributed by atoms with van der Waals surface area (Å²) in [6.45, 7) is 6.97. The average Bonchev–Trinajstić information content (AvgIpc) is 3.62. The number of aromatic nitrogens is 1. The van der Waals surface area contributed by atoms with E-state index in [9.17, 15) is 0 Å². The summed E-state index contributed by atoms with van der Waals surface area (Å²) in [6, 6.07) is 50.8. The third-order valence-electron chi connectivity index (χ3n) is 12.1. The SMILES string of the molecule is Cc1ccc(-c2ccc3ccc4c(-c5ccc6c(c5)C(C)(C)c5cc(-n7c8c(c9ccccc97)C=CCC8)ccc5-6)ccc5ccc2c3c54)cc1. The smallest absolute Gasteiger partial charge is 0.0537 e. The standard InChI is InChI=1S/C50H37N/c1-30-12-14-31(15-13-30)36-22-16-32-19-26-43-37(23-17-33-18-25-42(36)48(32)49(33)43)34-20-24-38-39-27-21-35(29-45(39)50(2,3)44(38)28-34)51-46-10-6-4-8-40(46)41-9-5-7-11-47(41)51/h4-6,8-10,12-29H,7,11H2,1-3H3. The normalized spacial score (nSPS) is 14.5. The van der Waals surface area contributed by atoms with Crippen LogP contribution >= 0.6 is 0 Å². The van der Waals surface area contributed by atoms with Gasteiger partial charge in [0.1, 0.15) is 0 Å². The van der Waals surface area contributed by atoms with Gasteiger partial charge >= 0.3 is 0 Å². The highest BCUT2D eigenvalue weighted by Gasteiger charge is 2.36. The van der Waals surface area contributed by atoms with Crippen LogP contribution in [0.3, 0.4) is 0 Å². The Labute approximate surface area is 298 Å². The number of aryl methyl sites for hydroxylation is 1. The third kappa shape index (κ3) is 3.98. The molecule has 0 aliphatic heterocycles. The van der Waals surface area contributed by atoms with Crippen LogP contribution in [0.4, 0.5) is 0 Å². The van der Waals surface area contributed by atoms with Gasteiger partial charge in [-0.3, -0.25) is 0 Å². The van der Waals surface area contributed by atoms with Crippen LogP contribution < -0.4 is 0 Å². The van der Waals surface area contributed by atoms with Gasteiger partial charge in [0.15, 0.2) is 0 Å². The van der Waals surface area contributed by atoms with Gasteiger partial charge < -0.3 is 4.57 Å². The van der Waals surface area contributed by atoms with Crippen LogP contribution in [0.2, 0.25) is 0 Å². The Bertz CT molecular complexity index is 2930. The lowest BCUT2D eigenvalue weighted by Gasteiger charge is -2.23. The van der Waals surface area contributed by atoms with Crippen molar-refractivity contribution in [3.05, 3.63) is 167 Å². The molecule has 0 N–H and O–H groups in total. The molecule has 242 valence electrons. The van der Waals surface area contributed by atoms with E-state index in [1.54, 1.807) is 0 Å². The Hall–Kier alpha value is -5.92. The number of benzene rings is 8. The van der Waals surface area contributed by atoms with Crippen molar-refractivity contribution in [3.8, 4) is 39.1 Å². The van der Waals surface area contributed by atoms with Crippen molar-refractivity contribution in [2.24, 2.45) is 0 Å². The number of hydrogen-bond donors (Lipinski definition) is 0. The van der Waals surface area contributed by atoms with E-state index < -0.39 is 0 Å². The zero-order valence-corrected chi connectivity index (χ0v) is 29.2. The Morgan fingerprint density at radius 2 is 1.16 bits per heavy atom. The van der Waals surface area contributed by atoms with E-state index in [1.807, 2.05) is 0 Å². The molecule has 0 radical (unpaired) electrons. The van der Waals surface area contributed by atoms with Gasteiger partial charge in [0, 0.05) is 27.7 Å². The number of hydrogen-bond acceptors (Lipinski definition) is 0. The molecule has 0 fully saturated rings. The van der Waals surface area contributed by atoms with Crippen molar-refractivity contribution < 1.29 is 0 Å². The van der Waals surface area contributed by atoms with Crippen molar-refractivity contribution in [1.29, 1.82) is 0 Å². The number of para-hydroxylation sites is 1. The van der Waals surface area contributed by atoms with Crippen LogP contribution in [0.25, 0.3) is 88.4 Å². The highest BCUT2D eigenvalue weighted by atomic mass is 15.0. The van der Waals surface area contributed by atoms with Crippen molar-refractivity contribution >= 4 is 49.3 Å². The van der Waals surface area contributed by atoms with E-state index >= 15 is 0 Å². The van der Waals surface area contributed by atoms with Gasteiger partial charge in [0.2, 0.25) is 0 Å². The number of nitrogens with zero attached hydrogens (tertiary/aromatic N) is 1. The first-order valence-corrected chi connectivity index (χ1v) is 18.3. The Balaban J connectivity index is 1.06. The summed E-state index contributed by atoms with van der Waals surface area (Å²) >= 11 is 0. The van der Waals surface area contributed by atoms with E-state index in [0.29, 0.717) is 0 Å². The highest BCUT2D eigenvalue weighted by Crippen LogP contribution is 2.51. The molecule has 51 heavy (non-hydrogen) atoms. The lowest BCUT2D eigenvalue weighted by Crippen LogP contribution is -2.15. The molecular weight excluding hydrogens is 615 g/mol. The van der Waals surface area contributed by atoms with Crippen LogP contribution in [0, 0.1) is 6.92 Å². The first-order valence-electron chi connectivity index (χ1n) is 18.3. The summed E-state index contributed by atoms with van der Waals surface area (Å²) in [7, 11) is 0. The van der Waals surface area contributed by atoms with Crippen molar-refractivity contribution in [1.82, 2.24) is 4.57 Å². The summed E-state index contributed by atoms with van der Waals surface area (Å²) in [4.78, 5) is 0. The fourth-order valence-corrected chi connectivity index (χ4v) is 9.54. The lowest BCUT2D eigenvalue weighted by atomic mass is 9.81. The van der Waals surface area contributed by atoms with Gasteiger partial charge in [-0.05, 0) is 121 Å². The van der Waals surface area contributed by atoms with Gasteiger partial charge in [0.25, 0.3) is 0 Å². The average molecular weight is 652 g/mol. The molecule has 0 amide bonds. The molecule has 11 rings (SSSR count). The molecule has 0 unspecified atom stereocenters. The Kier molecular flexibility index (Phi) is 5.84. The van der Waals surface area contributed by atoms with Crippen LogP contribution in [0.5, 0.6) is 0 Å². The molecule has 2 aliphatic rings. The van der Waals surface area contributed by atoms with Gasteiger partial charge in [-0.1, -0.05) is 141 Å². The first-order chi connectivity index (χ1) is 25.0. The molecule has 0 bridgehead atoms. The van der Waals surface area contributed by atoms with E-state index in [4.69, 9.17) is 0 Å². The van der Waals surface area contributed by atoms with Crippen LogP contribution in [-0.4, -0.2) is 4.57 Å². The van der Waals surface area contributed by atoms with Crippen LogP contribution in [-0.2, 0) is 11.8 Å². The summed E-state index contributed by atoms with van der Waals surface area (Å²) in [5.41, 5.74) is 17.2. The van der Waals surface area contributed by atoms with Gasteiger partial charge in [-0.25, -0.2) is 0 Å². The summed E-state index contributed by atoms with van der Waals surface area (Å²) in [5.74, 6) is 0. The second kappa shape index (κ2) is 10.3. The molecular formula is C50H37N. The lowest BCUT2D eigenvalue weighted by molar-refractivity contribution is 0.660. The topological polar surface area (TPSA) is 4.93 Å². The first kappa shape index (κ1) is 28.9. The van der Waals surface area contributed by atoms with Crippen molar-refractivity contribution in [2.75, 3.05) is 0 Å². The second-order valence-electron chi connectivity index (χ2n) is 15.3. The Morgan fingerprint density at radius 1 is 0.549 bits per heavy atom. The zero-order chi connectivity index (χ0) is 34.0. The molecule has 0 saturated heterocycles. The minimum atomic E-state index is -0.133. The van der Waals surface area contributed by atoms with E-state index in [-0.39, 0.29) is 5.41 Å². The second-order valence-corrected chi connectivity index (χ2v) is 15.3. The minimum Gasteiger partial charge on any atom is -0.313 e. The maximum atomic E-state index is 2.52. The number of allylic oxidation sites excluding steroid dienone is 1. The van der Waals surface area contributed by atoms with Crippen LogP contribution in [0.1, 0.15) is 48.2 Å². The van der Waals surface area contributed by atoms with Crippen molar-refractivity contribution in [2.45, 2.75) is 39.0 Å². The Morgan fingerprint density at radius 3 is 1.90 bits per heavy atom. The number of rotatable bonds is 3. The van der Waals surface area contributed by atoms with E-state index in [2.05, 4.69) is 171 Å². The minimum absolute atomic E-state index is 0.133. The van der Waals surface area contributed by atoms with Gasteiger partial charge in [-0.15, -0.1) is 0 Å². The maximum absolute atomic E-state index is 2.52.